The van der Waals surface area contributed by atoms with E-state index in [1.165, 1.54) is 6.07 Å². The molecule has 5 nitrogen and oxygen atoms in total. The summed E-state index contributed by atoms with van der Waals surface area (Å²) in [5.41, 5.74) is 0.685. The first-order valence-electron chi connectivity index (χ1n) is 5.14. The molecule has 2 aromatic rings. The van der Waals surface area contributed by atoms with E-state index in [0.29, 0.717) is 10.4 Å². The molecule has 0 spiro atoms. The monoisotopic (exact) mass is 280 g/mol. The number of hydrogen-bond donors (Lipinski definition) is 0. The molecule has 0 aliphatic carbocycles. The molecule has 0 fully saturated rings. The van der Waals surface area contributed by atoms with E-state index in [-0.39, 0.29) is 11.4 Å². The minimum absolute atomic E-state index is 0.0242. The second kappa shape index (κ2) is 3.89. The van der Waals surface area contributed by atoms with E-state index in [0.717, 1.165) is 15.6 Å². The minimum atomic E-state index is -3.68. The zero-order valence-corrected chi connectivity index (χ0v) is 10.7. The number of carbonyl (C=O) groups is 1. The van der Waals surface area contributed by atoms with E-state index in [9.17, 15) is 13.2 Å². The summed E-state index contributed by atoms with van der Waals surface area (Å²) in [6.45, 7) is 0.0242. The van der Waals surface area contributed by atoms with Gasteiger partial charge >= 0.3 is 0 Å². The van der Waals surface area contributed by atoms with Gasteiger partial charge in [-0.2, -0.15) is 0 Å². The highest BCUT2D eigenvalue weighted by Gasteiger charge is 2.42. The van der Waals surface area contributed by atoms with Crippen LogP contribution in [0.2, 0.25) is 0 Å². The van der Waals surface area contributed by atoms with Crippen LogP contribution in [0, 0.1) is 0 Å². The molecule has 1 aliphatic rings. The van der Waals surface area contributed by atoms with Crippen molar-refractivity contribution in [3.63, 3.8) is 0 Å². The highest BCUT2D eigenvalue weighted by molar-refractivity contribution is 7.90. The number of aromatic nitrogens is 1. The maximum atomic E-state index is 12.2. The van der Waals surface area contributed by atoms with E-state index in [1.807, 2.05) is 0 Å². The topological polar surface area (TPSA) is 67.3 Å². The normalized spacial score (nSPS) is 16.9. The summed E-state index contributed by atoms with van der Waals surface area (Å²) < 4.78 is 25.2. The summed E-state index contributed by atoms with van der Waals surface area (Å²) in [7, 11) is -3.68. The van der Waals surface area contributed by atoms with E-state index in [2.05, 4.69) is 4.98 Å². The van der Waals surface area contributed by atoms with Gasteiger partial charge in [0.15, 0.2) is 0 Å². The van der Waals surface area contributed by atoms with Crippen LogP contribution in [0.4, 0.5) is 0 Å². The quantitative estimate of drug-likeness (QED) is 0.836. The molecule has 0 aromatic carbocycles. The van der Waals surface area contributed by atoms with Gasteiger partial charge in [0.05, 0.1) is 6.54 Å². The number of hydrogen-bond acceptors (Lipinski definition) is 5. The van der Waals surface area contributed by atoms with Gasteiger partial charge in [0.2, 0.25) is 0 Å². The molecule has 92 valence electrons. The molecule has 1 aliphatic heterocycles. The third kappa shape index (κ3) is 1.55. The van der Waals surface area contributed by atoms with Gasteiger partial charge in [0.25, 0.3) is 15.9 Å². The number of amides is 1. The van der Waals surface area contributed by atoms with Crippen molar-refractivity contribution in [2.75, 3.05) is 0 Å². The van der Waals surface area contributed by atoms with Gasteiger partial charge in [0.1, 0.15) is 9.77 Å². The lowest BCUT2D eigenvalue weighted by Gasteiger charge is -2.14. The number of rotatable bonds is 2. The Kier molecular flexibility index (Phi) is 2.46. The van der Waals surface area contributed by atoms with E-state index >= 15 is 0 Å². The Bertz CT molecular complexity index is 707. The lowest BCUT2D eigenvalue weighted by atomic mass is 10.3. The Balaban J connectivity index is 2.01. The summed E-state index contributed by atoms with van der Waals surface area (Å²) in [5, 5.41) is 1.61. The maximum Gasteiger partial charge on any atom is 0.279 e. The largest absolute Gasteiger partial charge is 0.279 e. The first kappa shape index (κ1) is 11.4. The molecule has 3 rings (SSSR count). The van der Waals surface area contributed by atoms with Gasteiger partial charge in [-0.25, -0.2) is 12.7 Å². The van der Waals surface area contributed by atoms with Crippen molar-refractivity contribution in [1.82, 2.24) is 9.29 Å². The average Bonchev–Trinajstić information content (AvgIpc) is 2.91. The van der Waals surface area contributed by atoms with Gasteiger partial charge < -0.3 is 0 Å². The smallest absolute Gasteiger partial charge is 0.267 e. The Morgan fingerprint density at radius 3 is 2.83 bits per heavy atom. The number of carbonyl (C=O) groups excluding carboxylic acids is 1. The van der Waals surface area contributed by atoms with Crippen LogP contribution >= 0.6 is 11.3 Å². The molecule has 1 amide bonds. The molecule has 0 saturated heterocycles. The van der Waals surface area contributed by atoms with Gasteiger partial charge in [-0.05, 0) is 23.1 Å². The lowest BCUT2D eigenvalue weighted by Crippen LogP contribution is -2.29. The molecule has 0 radical (unpaired) electrons. The highest BCUT2D eigenvalue weighted by atomic mass is 32.2. The third-order valence-corrected chi connectivity index (χ3v) is 5.47. The van der Waals surface area contributed by atoms with Crippen LogP contribution in [-0.2, 0) is 16.6 Å². The summed E-state index contributed by atoms with van der Waals surface area (Å²) in [5.74, 6) is -0.455. The minimum Gasteiger partial charge on any atom is -0.267 e. The van der Waals surface area contributed by atoms with Gasteiger partial charge in [-0.15, -0.1) is 11.3 Å². The lowest BCUT2D eigenvalue weighted by molar-refractivity contribution is 0.0869. The molecular formula is C11H8N2O3S2. The second-order valence-electron chi connectivity index (χ2n) is 3.79. The number of sulfonamides is 1. The zero-order valence-electron chi connectivity index (χ0n) is 9.11. The number of pyridine rings is 1. The molecule has 0 N–H and O–H groups in total. The molecule has 2 aromatic heterocycles. The van der Waals surface area contributed by atoms with Crippen molar-refractivity contribution >= 4 is 27.3 Å². The molecule has 0 saturated carbocycles. The fourth-order valence-corrected chi connectivity index (χ4v) is 4.58. The maximum absolute atomic E-state index is 12.2. The molecule has 18 heavy (non-hydrogen) atoms. The standard InChI is InChI=1S/C11H8N2O3S2/c14-11-10-9(3-5-17-10)18(15,16)13(11)7-8-2-1-4-12-6-8/h1-6H,7H2. The first-order valence-corrected chi connectivity index (χ1v) is 7.46. The fourth-order valence-electron chi connectivity index (χ4n) is 1.81. The number of thiophene rings is 1. The summed E-state index contributed by atoms with van der Waals surface area (Å²) in [6.07, 6.45) is 3.15. The van der Waals surface area contributed by atoms with Gasteiger partial charge in [0, 0.05) is 12.4 Å². The Morgan fingerprint density at radius 2 is 2.17 bits per heavy atom. The zero-order chi connectivity index (χ0) is 12.8. The van der Waals surface area contributed by atoms with Crippen molar-refractivity contribution in [3.05, 3.63) is 46.4 Å². The van der Waals surface area contributed by atoms with Crippen LogP contribution in [-0.4, -0.2) is 23.6 Å². The summed E-state index contributed by atoms with van der Waals surface area (Å²) in [4.78, 5) is 16.3. The van der Waals surface area contributed by atoms with Crippen LogP contribution in [0.3, 0.4) is 0 Å². The van der Waals surface area contributed by atoms with E-state index < -0.39 is 15.9 Å². The van der Waals surface area contributed by atoms with Crippen LogP contribution in [0.1, 0.15) is 15.2 Å². The predicted octanol–water partition coefficient (Wildman–Crippen LogP) is 1.49. The molecule has 0 unspecified atom stereocenters. The molecular weight excluding hydrogens is 272 g/mol. The summed E-state index contributed by atoms with van der Waals surface area (Å²) >= 11 is 1.15. The van der Waals surface area contributed by atoms with Crippen LogP contribution in [0.5, 0.6) is 0 Å². The van der Waals surface area contributed by atoms with E-state index in [1.54, 1.807) is 29.9 Å². The van der Waals surface area contributed by atoms with Crippen LogP contribution in [0.15, 0.2) is 40.9 Å². The predicted molar refractivity (Wildman–Crippen MR) is 65.6 cm³/mol. The van der Waals surface area contributed by atoms with Crippen LogP contribution in [0.25, 0.3) is 0 Å². The molecule has 0 bridgehead atoms. The Hall–Kier alpha value is -1.73. The second-order valence-corrected chi connectivity index (χ2v) is 6.54. The molecule has 0 atom stereocenters. The first-order chi connectivity index (χ1) is 8.60. The van der Waals surface area contributed by atoms with Gasteiger partial charge in [-0.1, -0.05) is 6.07 Å². The highest BCUT2D eigenvalue weighted by Crippen LogP contribution is 2.34. The van der Waals surface area contributed by atoms with Crippen molar-refractivity contribution in [3.8, 4) is 0 Å². The summed E-state index contributed by atoms with van der Waals surface area (Å²) in [6, 6.07) is 4.91. The average molecular weight is 280 g/mol. The number of nitrogens with zero attached hydrogens (tertiary/aromatic N) is 2. The molecule has 3 heterocycles. The van der Waals surface area contributed by atoms with Crippen LogP contribution < -0.4 is 0 Å². The van der Waals surface area contributed by atoms with Crippen molar-refractivity contribution in [1.29, 1.82) is 0 Å². The Morgan fingerprint density at radius 1 is 1.33 bits per heavy atom. The van der Waals surface area contributed by atoms with Crippen molar-refractivity contribution in [2.24, 2.45) is 0 Å². The van der Waals surface area contributed by atoms with Crippen molar-refractivity contribution < 1.29 is 13.2 Å². The fraction of sp³-hybridized carbons (Fsp3) is 0.0909. The van der Waals surface area contributed by atoms with E-state index in [4.69, 9.17) is 0 Å². The van der Waals surface area contributed by atoms with Crippen molar-refractivity contribution in [2.45, 2.75) is 11.4 Å². The SMILES string of the molecule is O=C1c2sccc2S(=O)(=O)N1Cc1cccnc1. The Labute approximate surface area is 108 Å². The third-order valence-electron chi connectivity index (χ3n) is 2.67. The number of fused-ring (bicyclic) bond motifs is 1. The molecule has 7 heteroatoms. The van der Waals surface area contributed by atoms with Gasteiger partial charge in [-0.3, -0.25) is 9.78 Å².